The van der Waals surface area contributed by atoms with Gasteiger partial charge in [-0.25, -0.2) is 9.59 Å². The fourth-order valence-electron chi connectivity index (χ4n) is 10.4. The second-order valence-corrected chi connectivity index (χ2v) is 37.5. The predicted molar refractivity (Wildman–Crippen MR) is 471 cm³/mol. The number of amides is 2. The standard InChI is InChI=1S/C16H22O3.C10H13NO.C9H19N.C9H10.C8H7Br.2C7H15NO3.C7H8.C5H10O.C4H8O2.C4H9.CHBr3.CH2O2.Li.Na.H/c1-16(2,3)19-15(17)9-6-10-18-14-11-12-7-4-5-8-13(12)14;11-5-6-12-10-7-8-3-1-2-4-9(8)10;1-8(2)6-5-7-9(3,4)10-8;1-7-6-8-4-2-3-5-9(7)8;9-8-5-6-3-1-2-4-7(6)8;2*1-7(2,3)11-6(10)8-4-5-9;1-2-4-6-7-5-3-1;1-4-6-5(2)3;1-3-6-4(2)5;1-3-4-2;2-1(3)4;2-1-3;;;/h4-5,7-8,14H,6,9-11H2,1-3H3;1-4,10H,5-7,11H2;10H,5-7H2,1-4H3;2-5,7H,6H2,1H3;1-4,8H,5H2;2*9H,4-5H2,1-3H3,(H,8,10);1-6H,7H2;2,4H2,1,3H3;3H2,1-2H3;1,3-4H2,2H3;1H;1H,(H,2,3);;;/q;;;;;;;;;;-1;;;2*+1;-1. The maximum atomic E-state index is 11.5. The number of rotatable bonds is 16. The van der Waals surface area contributed by atoms with Crippen molar-refractivity contribution >= 4 is 94.3 Å². The van der Waals surface area contributed by atoms with Gasteiger partial charge in [0.25, 0.3) is 6.47 Å². The molecule has 4 aromatic rings. The fraction of sp³-hybridized carbons (Fsp3) is 0.568. The topological polar surface area (TPSA) is 273 Å². The molecule has 113 heavy (non-hydrogen) atoms. The van der Waals surface area contributed by atoms with Crippen molar-refractivity contribution in [2.24, 2.45) is 5.73 Å². The molecule has 0 bridgehead atoms. The van der Waals surface area contributed by atoms with Crippen LogP contribution in [-0.4, -0.2) is 136 Å². The number of carbonyl (C=O) groups is 5. The van der Waals surface area contributed by atoms with Gasteiger partial charge in [0.05, 0.1) is 51.0 Å². The number of carbonyl (C=O) groups excluding carboxylic acids is 4. The monoisotopic (exact) mass is 1840 g/mol. The van der Waals surface area contributed by atoms with E-state index in [9.17, 15) is 19.2 Å². The normalized spacial score (nSPS) is 16.0. The first-order chi connectivity index (χ1) is 52.0. The van der Waals surface area contributed by atoms with E-state index in [1.807, 2.05) is 52.8 Å². The van der Waals surface area contributed by atoms with E-state index < -0.39 is 29.0 Å². The van der Waals surface area contributed by atoms with E-state index in [0.29, 0.717) is 61.2 Å². The molecule has 4 atom stereocenters. The summed E-state index contributed by atoms with van der Waals surface area (Å²) in [6, 6.07) is 34.0. The number of alkyl carbamates (subject to hydrolysis) is 2. The summed E-state index contributed by atoms with van der Waals surface area (Å²) in [5, 5.41) is 32.0. The van der Waals surface area contributed by atoms with Crippen LogP contribution in [0.4, 0.5) is 9.59 Å². The third-order valence-corrected chi connectivity index (χ3v) is 15.8. The number of nitrogens with two attached hydrogens (primary N) is 1. The van der Waals surface area contributed by atoms with Crippen LogP contribution in [0.15, 0.2) is 146 Å². The van der Waals surface area contributed by atoms with E-state index in [4.69, 9.17) is 54.3 Å². The third-order valence-electron chi connectivity index (χ3n) is 15.0. The Morgan fingerprint density at radius 1 is 0.637 bits per heavy atom. The maximum Gasteiger partial charge on any atom is 1.00 e. The van der Waals surface area contributed by atoms with Crippen molar-refractivity contribution in [3.8, 4) is 0 Å². The number of unbranched alkanes of at least 4 members (excludes halogenated alkanes) is 1. The number of piperidine rings is 1. The zero-order valence-corrected chi connectivity index (χ0v) is 80.6. The second kappa shape index (κ2) is 68.7. The van der Waals surface area contributed by atoms with Gasteiger partial charge < -0.3 is 78.5 Å². The van der Waals surface area contributed by atoms with Crippen molar-refractivity contribution in [1.82, 2.24) is 16.0 Å². The molecule has 25 heteroatoms. The molecule has 6 aliphatic rings. The Bertz CT molecular complexity index is 3120. The summed E-state index contributed by atoms with van der Waals surface area (Å²) in [7, 11) is 0. The number of carboxylic acid groups (broad SMARTS) is 1. The average molecular weight is 1840 g/mol. The van der Waals surface area contributed by atoms with Crippen LogP contribution in [0.2, 0.25) is 0 Å². The number of allylic oxidation sites excluding steroid dienone is 7. The third kappa shape index (κ3) is 67.5. The van der Waals surface area contributed by atoms with Crippen LogP contribution in [0.1, 0.15) is 252 Å². The van der Waals surface area contributed by atoms with Crippen molar-refractivity contribution in [2.75, 3.05) is 59.3 Å². The summed E-state index contributed by atoms with van der Waals surface area (Å²) in [6.45, 7) is 47.1. The zero-order valence-electron chi connectivity index (χ0n) is 73.3. The number of alkyl halides is 4. The van der Waals surface area contributed by atoms with Crippen molar-refractivity contribution in [2.45, 2.75) is 262 Å². The van der Waals surface area contributed by atoms with E-state index in [0.717, 1.165) is 44.0 Å². The van der Waals surface area contributed by atoms with Gasteiger partial charge in [0.15, 0.2) is 0 Å². The van der Waals surface area contributed by atoms with Gasteiger partial charge in [-0.2, -0.15) is 6.42 Å². The number of aliphatic hydroxyl groups is 2. The number of nitrogens with one attached hydrogen (secondary N) is 3. The van der Waals surface area contributed by atoms with Gasteiger partial charge in [-0.15, -0.1) is 0 Å². The first-order valence-electron chi connectivity index (χ1n) is 38.3. The Kier molecular flexibility index (Phi) is 71.4. The molecule has 5 aliphatic carbocycles. The molecule has 632 valence electrons. The van der Waals surface area contributed by atoms with Crippen molar-refractivity contribution < 1.29 is 122 Å². The van der Waals surface area contributed by atoms with Crippen LogP contribution in [0.3, 0.4) is 0 Å². The molecule has 1 aliphatic heterocycles. The summed E-state index contributed by atoms with van der Waals surface area (Å²) < 4.78 is 35.8. The smallest absolute Gasteiger partial charge is 1.00 e. The van der Waals surface area contributed by atoms with E-state index >= 15 is 0 Å². The molecule has 19 nitrogen and oxygen atoms in total. The number of hydrogen-bond donors (Lipinski definition) is 7. The molecule has 1 fully saturated rings. The molecule has 8 N–H and O–H groups in total. The molecule has 2 amide bonds. The van der Waals surface area contributed by atoms with Crippen LogP contribution < -0.4 is 70.1 Å². The molecular formula is C88H140Br4LiN4NaO15. The average Bonchev–Trinajstić information content (AvgIpc) is 0.827. The molecule has 4 unspecified atom stereocenters. The number of hydrogen-bond acceptors (Lipinski definition) is 16. The molecule has 10 rings (SSSR count). The van der Waals surface area contributed by atoms with Gasteiger partial charge in [-0.3, -0.25) is 14.4 Å². The molecule has 1 saturated heterocycles. The molecule has 0 aromatic heterocycles. The number of benzene rings is 4. The Morgan fingerprint density at radius 2 is 1.00 bits per heavy atom. The van der Waals surface area contributed by atoms with Gasteiger partial charge in [-0.05, 0) is 206 Å². The summed E-state index contributed by atoms with van der Waals surface area (Å²) in [4.78, 5) is 51.9. The van der Waals surface area contributed by atoms with E-state index in [1.54, 1.807) is 59.6 Å². The zero-order chi connectivity index (χ0) is 85.1. The van der Waals surface area contributed by atoms with Gasteiger partial charge in [0.1, 0.15) is 19.4 Å². The summed E-state index contributed by atoms with van der Waals surface area (Å²) >= 11 is 12.9. The number of ether oxygens (including phenoxy) is 7. The molecule has 0 saturated carbocycles. The van der Waals surface area contributed by atoms with Gasteiger partial charge in [0, 0.05) is 68.3 Å². The van der Waals surface area contributed by atoms with Crippen LogP contribution >= 0.6 is 63.7 Å². The van der Waals surface area contributed by atoms with Gasteiger partial charge in [-0.1, -0.05) is 224 Å². The first-order valence-corrected chi connectivity index (χ1v) is 42.0. The van der Waals surface area contributed by atoms with Crippen molar-refractivity contribution in [3.63, 3.8) is 0 Å². The maximum absolute atomic E-state index is 11.5. The molecule has 4 aromatic carbocycles. The van der Waals surface area contributed by atoms with Crippen LogP contribution in [0, 0.1) is 6.92 Å². The second-order valence-electron chi connectivity index (χ2n) is 30.0. The molecule has 0 radical (unpaired) electrons. The molecular weight excluding hydrogens is 1700 g/mol. The Hall–Kier alpha value is -4.13. The Labute approximate surface area is 750 Å². The minimum Gasteiger partial charge on any atom is -1.00 e. The number of halogens is 4. The molecule has 1 heterocycles. The summed E-state index contributed by atoms with van der Waals surface area (Å²) in [5.41, 5.74) is 16.2. The van der Waals surface area contributed by atoms with Crippen LogP contribution in [0.25, 0.3) is 0 Å². The van der Waals surface area contributed by atoms with Crippen LogP contribution in [-0.2, 0) is 73.2 Å². The predicted octanol–water partition coefficient (Wildman–Crippen LogP) is 15.1. The largest absolute Gasteiger partial charge is 1.00 e. The number of aliphatic hydroxyl groups excluding tert-OH is 2. The first kappa shape index (κ1) is 117. The Balaban J connectivity index is -0.000000283. The number of fused-ring (bicyclic) bond motifs is 4. The minimum absolute atomic E-state index is 0. The summed E-state index contributed by atoms with van der Waals surface area (Å²) in [6.07, 6.45) is 25.0. The Morgan fingerprint density at radius 3 is 1.26 bits per heavy atom. The quantitative estimate of drug-likeness (QED) is 0.00803. The van der Waals surface area contributed by atoms with Crippen LogP contribution in [0.5, 0.6) is 0 Å². The van der Waals surface area contributed by atoms with Crippen molar-refractivity contribution in [1.29, 1.82) is 0 Å². The fourth-order valence-corrected chi connectivity index (χ4v) is 11.2. The summed E-state index contributed by atoms with van der Waals surface area (Å²) in [5.74, 6) is 1.25. The molecule has 0 spiro atoms. The van der Waals surface area contributed by atoms with Crippen molar-refractivity contribution in [3.05, 3.63) is 197 Å². The SMILES string of the molecule is BrC(Br)Br.BrC1Cc2ccccc21.C1=CC=CCC=C1.C=C(C)OCC.CC(C)(C)OC(=O)CCCOC1Cc2ccccc21.CC(C)(C)OC(=O)NCCO.CC(C)(C)OC(=O)NCCO.CC1(C)CCCC(C)(C)N1.CC1Cc2ccccc21.CCOC(C)=O.NCCOC1Cc2ccccc21.O=CO.[CH2-]CCC.[H-].[Li+].[Na+]. The number of esters is 2. The van der Waals surface area contributed by atoms with E-state index in [2.05, 4.69) is 255 Å². The van der Waals surface area contributed by atoms with Gasteiger partial charge >= 0.3 is 72.5 Å². The van der Waals surface area contributed by atoms with E-state index in [-0.39, 0.29) is 103 Å². The minimum atomic E-state index is -0.494. The van der Waals surface area contributed by atoms with E-state index in [1.165, 1.54) is 78.8 Å². The van der Waals surface area contributed by atoms with Gasteiger partial charge in [0.2, 0.25) is 0 Å².